The number of aryl methyl sites for hydroxylation is 2. The lowest BCUT2D eigenvalue weighted by Gasteiger charge is -2.05. The minimum absolute atomic E-state index is 0.239. The molecule has 0 aliphatic heterocycles. The van der Waals surface area contributed by atoms with E-state index in [1.54, 1.807) is 17.0 Å². The maximum absolute atomic E-state index is 13.7. The Morgan fingerprint density at radius 3 is 2.90 bits per heavy atom. The SMILES string of the molecule is Fc1cc(F)c2[nH]c(=S)n(CCc3cccnc3)c2c1. The molecule has 0 unspecified atom stereocenters. The Morgan fingerprint density at radius 2 is 2.15 bits per heavy atom. The third kappa shape index (κ3) is 2.34. The van der Waals surface area contributed by atoms with Crippen LogP contribution in [0.2, 0.25) is 0 Å². The third-order valence-corrected chi connectivity index (χ3v) is 3.47. The van der Waals surface area contributed by atoms with Crippen LogP contribution < -0.4 is 0 Å². The molecule has 0 fully saturated rings. The second-order valence-corrected chi connectivity index (χ2v) is 4.86. The predicted octanol–water partition coefficient (Wildman–Crippen LogP) is 3.61. The number of fused-ring (bicyclic) bond motifs is 1. The maximum Gasteiger partial charge on any atom is 0.178 e. The highest BCUT2D eigenvalue weighted by atomic mass is 32.1. The van der Waals surface area contributed by atoms with E-state index in [-0.39, 0.29) is 5.52 Å². The summed E-state index contributed by atoms with van der Waals surface area (Å²) in [6.45, 7) is 0.535. The van der Waals surface area contributed by atoms with E-state index in [2.05, 4.69) is 9.97 Å². The molecule has 6 heteroatoms. The second-order valence-electron chi connectivity index (χ2n) is 4.47. The van der Waals surface area contributed by atoms with Gasteiger partial charge in [-0.25, -0.2) is 8.78 Å². The average Bonchev–Trinajstić information content (AvgIpc) is 2.74. The summed E-state index contributed by atoms with van der Waals surface area (Å²) in [4.78, 5) is 6.81. The van der Waals surface area contributed by atoms with Crippen molar-refractivity contribution >= 4 is 23.3 Å². The number of hydrogen-bond donors (Lipinski definition) is 1. The van der Waals surface area contributed by atoms with E-state index in [4.69, 9.17) is 12.2 Å². The van der Waals surface area contributed by atoms with Gasteiger partial charge >= 0.3 is 0 Å². The van der Waals surface area contributed by atoms with Crippen molar-refractivity contribution in [2.75, 3.05) is 0 Å². The molecule has 0 bridgehead atoms. The molecule has 0 aliphatic carbocycles. The first-order valence-corrected chi connectivity index (χ1v) is 6.52. The number of halogens is 2. The summed E-state index contributed by atoms with van der Waals surface area (Å²) in [5, 5.41) is 0. The fraction of sp³-hybridized carbons (Fsp3) is 0.143. The van der Waals surface area contributed by atoms with E-state index in [0.717, 1.165) is 11.6 Å². The molecule has 2 heterocycles. The van der Waals surface area contributed by atoms with E-state index in [1.807, 2.05) is 12.1 Å². The Kier molecular flexibility index (Phi) is 3.31. The highest BCUT2D eigenvalue weighted by molar-refractivity contribution is 7.71. The minimum Gasteiger partial charge on any atom is -0.328 e. The largest absolute Gasteiger partial charge is 0.328 e. The first-order valence-electron chi connectivity index (χ1n) is 6.11. The van der Waals surface area contributed by atoms with Crippen LogP contribution in [-0.2, 0) is 13.0 Å². The van der Waals surface area contributed by atoms with Gasteiger partial charge in [-0.3, -0.25) is 4.98 Å². The van der Waals surface area contributed by atoms with Gasteiger partial charge in [0.05, 0.1) is 5.52 Å². The van der Waals surface area contributed by atoms with E-state index in [1.165, 1.54) is 6.07 Å². The van der Waals surface area contributed by atoms with Crippen molar-refractivity contribution in [2.45, 2.75) is 13.0 Å². The van der Waals surface area contributed by atoms with Gasteiger partial charge in [0.2, 0.25) is 0 Å². The number of hydrogen-bond acceptors (Lipinski definition) is 2. The van der Waals surface area contributed by atoms with Gasteiger partial charge in [-0.15, -0.1) is 0 Å². The number of nitrogens with zero attached hydrogens (tertiary/aromatic N) is 2. The van der Waals surface area contributed by atoms with Gasteiger partial charge in [0, 0.05) is 25.0 Å². The van der Waals surface area contributed by atoms with Gasteiger partial charge in [-0.05, 0) is 36.3 Å². The van der Waals surface area contributed by atoms with E-state index in [0.29, 0.717) is 23.3 Å². The molecular formula is C14H11F2N3S. The molecule has 3 aromatic rings. The molecule has 0 aliphatic rings. The highest BCUT2D eigenvalue weighted by Crippen LogP contribution is 2.19. The lowest BCUT2D eigenvalue weighted by Crippen LogP contribution is -2.02. The third-order valence-electron chi connectivity index (χ3n) is 3.15. The Balaban J connectivity index is 1.99. The van der Waals surface area contributed by atoms with Crippen LogP contribution in [0.3, 0.4) is 0 Å². The summed E-state index contributed by atoms with van der Waals surface area (Å²) >= 11 is 5.17. The van der Waals surface area contributed by atoms with Crippen molar-refractivity contribution < 1.29 is 8.78 Å². The van der Waals surface area contributed by atoms with E-state index in [9.17, 15) is 8.78 Å². The van der Waals surface area contributed by atoms with Crippen molar-refractivity contribution in [3.63, 3.8) is 0 Å². The Morgan fingerprint density at radius 1 is 1.30 bits per heavy atom. The molecule has 2 aromatic heterocycles. The van der Waals surface area contributed by atoms with E-state index < -0.39 is 11.6 Å². The van der Waals surface area contributed by atoms with Crippen molar-refractivity contribution in [1.29, 1.82) is 0 Å². The Hall–Kier alpha value is -2.08. The molecule has 0 atom stereocenters. The van der Waals surface area contributed by atoms with Crippen molar-refractivity contribution in [2.24, 2.45) is 0 Å². The maximum atomic E-state index is 13.7. The number of H-pyrrole nitrogens is 1. The molecule has 3 rings (SSSR count). The van der Waals surface area contributed by atoms with Crippen molar-refractivity contribution in [3.05, 3.63) is 58.6 Å². The van der Waals surface area contributed by atoms with Gasteiger partial charge in [0.15, 0.2) is 10.6 Å². The van der Waals surface area contributed by atoms with Gasteiger partial charge in [-0.1, -0.05) is 6.07 Å². The lowest BCUT2D eigenvalue weighted by atomic mass is 10.2. The smallest absolute Gasteiger partial charge is 0.178 e. The topological polar surface area (TPSA) is 33.6 Å². The summed E-state index contributed by atoms with van der Waals surface area (Å²) in [5.74, 6) is -1.25. The molecule has 102 valence electrons. The predicted molar refractivity (Wildman–Crippen MR) is 75.0 cm³/mol. The molecule has 0 radical (unpaired) electrons. The van der Waals surface area contributed by atoms with Gasteiger partial charge in [-0.2, -0.15) is 0 Å². The van der Waals surface area contributed by atoms with Crippen molar-refractivity contribution in [3.8, 4) is 0 Å². The Bertz CT molecular complexity index is 808. The first-order chi connectivity index (χ1) is 9.65. The van der Waals surface area contributed by atoms with E-state index >= 15 is 0 Å². The number of nitrogens with one attached hydrogen (secondary N) is 1. The van der Waals surface area contributed by atoms with Crippen LogP contribution in [0.25, 0.3) is 11.0 Å². The molecule has 0 saturated heterocycles. The monoisotopic (exact) mass is 291 g/mol. The number of aromatic amines is 1. The van der Waals surface area contributed by atoms with Gasteiger partial charge in [0.1, 0.15) is 11.3 Å². The molecule has 1 aromatic carbocycles. The zero-order valence-corrected chi connectivity index (χ0v) is 11.3. The van der Waals surface area contributed by atoms with Crippen LogP contribution in [0.4, 0.5) is 8.78 Å². The average molecular weight is 291 g/mol. The second kappa shape index (κ2) is 5.13. The summed E-state index contributed by atoms with van der Waals surface area (Å²) < 4.78 is 29.1. The zero-order chi connectivity index (χ0) is 14.1. The molecule has 1 N–H and O–H groups in total. The molecule has 20 heavy (non-hydrogen) atoms. The Labute approximate surface area is 118 Å². The fourth-order valence-corrected chi connectivity index (χ4v) is 2.48. The highest BCUT2D eigenvalue weighted by Gasteiger charge is 2.10. The number of benzene rings is 1. The van der Waals surface area contributed by atoms with Crippen LogP contribution in [-0.4, -0.2) is 14.5 Å². The van der Waals surface area contributed by atoms with Crippen LogP contribution in [0.15, 0.2) is 36.7 Å². The standard InChI is InChI=1S/C14H11F2N3S/c15-10-6-11(16)13-12(7-10)19(14(20)18-13)5-3-9-2-1-4-17-8-9/h1-2,4,6-8H,3,5H2,(H,18,20). The number of pyridine rings is 1. The summed E-state index contributed by atoms with van der Waals surface area (Å²) in [7, 11) is 0. The number of imidazole rings is 1. The van der Waals surface area contributed by atoms with Crippen LogP contribution in [0.5, 0.6) is 0 Å². The molecule has 0 spiro atoms. The van der Waals surface area contributed by atoms with Crippen molar-refractivity contribution in [1.82, 2.24) is 14.5 Å². The number of aromatic nitrogens is 3. The normalized spacial score (nSPS) is 11.1. The summed E-state index contributed by atoms with van der Waals surface area (Å²) in [5.41, 5.74) is 1.72. The van der Waals surface area contributed by atoms with Gasteiger partial charge in [0.25, 0.3) is 0 Å². The molecule has 0 saturated carbocycles. The fourth-order valence-electron chi connectivity index (χ4n) is 2.19. The zero-order valence-electron chi connectivity index (χ0n) is 10.4. The van der Waals surface area contributed by atoms with Crippen LogP contribution >= 0.6 is 12.2 Å². The minimum atomic E-state index is -0.633. The molecule has 0 amide bonds. The quantitative estimate of drug-likeness (QED) is 0.748. The van der Waals surface area contributed by atoms with Gasteiger partial charge < -0.3 is 9.55 Å². The van der Waals surface area contributed by atoms with Crippen LogP contribution in [0, 0.1) is 16.4 Å². The summed E-state index contributed by atoms with van der Waals surface area (Å²) in [6, 6.07) is 5.93. The molecular weight excluding hydrogens is 280 g/mol. The summed E-state index contributed by atoms with van der Waals surface area (Å²) in [6.07, 6.45) is 4.15. The first kappa shape index (κ1) is 12.9. The number of rotatable bonds is 3. The molecule has 3 nitrogen and oxygen atoms in total. The lowest BCUT2D eigenvalue weighted by molar-refractivity contribution is 0.589. The van der Waals surface area contributed by atoms with Crippen LogP contribution in [0.1, 0.15) is 5.56 Å².